The zero-order chi connectivity index (χ0) is 50.9. The van der Waals surface area contributed by atoms with Crippen molar-refractivity contribution in [3.8, 4) is 33.6 Å². The molecule has 0 saturated carbocycles. The van der Waals surface area contributed by atoms with Gasteiger partial charge in [0, 0.05) is 66.5 Å². The van der Waals surface area contributed by atoms with Gasteiger partial charge in [0.2, 0.25) is 0 Å². The summed E-state index contributed by atoms with van der Waals surface area (Å²) in [6.07, 6.45) is 0. The number of rotatable bonds is 6. The fourth-order valence-corrected chi connectivity index (χ4v) is 19.4. The van der Waals surface area contributed by atoms with Crippen molar-refractivity contribution >= 4 is 115 Å². The molecule has 0 unspecified atom stereocenters. The van der Waals surface area contributed by atoms with Crippen molar-refractivity contribution in [2.24, 2.45) is 0 Å². The highest BCUT2D eigenvalue weighted by Gasteiger charge is 2.42. The molecular formula is C70H54N4Si2. The molecule has 0 amide bonds. The van der Waals surface area contributed by atoms with Crippen LogP contribution in [-0.2, 0) is 0 Å². The van der Waals surface area contributed by atoms with Crippen LogP contribution >= 0.6 is 0 Å². The van der Waals surface area contributed by atoms with Crippen molar-refractivity contribution in [1.29, 1.82) is 0 Å². The quantitative estimate of drug-likeness (QED) is 0.154. The summed E-state index contributed by atoms with van der Waals surface area (Å²) in [6, 6.07) is 95.9. The van der Waals surface area contributed by atoms with Crippen LogP contribution < -0.4 is 30.5 Å². The van der Waals surface area contributed by atoms with E-state index in [-0.39, 0.29) is 0 Å². The van der Waals surface area contributed by atoms with Crippen LogP contribution in [0.2, 0.25) is 26.2 Å². The highest BCUT2D eigenvalue weighted by molar-refractivity contribution is 7.03. The zero-order valence-corrected chi connectivity index (χ0v) is 45.0. The maximum atomic E-state index is 2.62. The summed E-state index contributed by atoms with van der Waals surface area (Å²) in [7, 11) is -4.36. The molecule has 2 aliphatic rings. The van der Waals surface area contributed by atoms with E-state index in [1.54, 1.807) is 0 Å². The van der Waals surface area contributed by atoms with E-state index >= 15 is 0 Å². The first-order valence-corrected chi connectivity index (χ1v) is 32.6. The molecule has 0 spiro atoms. The molecule has 0 atom stereocenters. The normalized spacial score (nSPS) is 14.2. The Hall–Kier alpha value is -8.95. The molecule has 6 heteroatoms. The third-order valence-electron chi connectivity index (χ3n) is 16.9. The van der Waals surface area contributed by atoms with E-state index in [1.807, 2.05) is 0 Å². The van der Waals surface area contributed by atoms with E-state index in [1.165, 1.54) is 87.1 Å². The molecule has 0 aliphatic carbocycles. The van der Waals surface area contributed by atoms with Crippen molar-refractivity contribution < 1.29 is 0 Å². The summed E-state index contributed by atoms with van der Waals surface area (Å²) < 4.78 is 5.01. The second-order valence-corrected chi connectivity index (χ2v) is 30.3. The van der Waals surface area contributed by atoms with E-state index < -0.39 is 16.1 Å². The Morgan fingerprint density at radius 1 is 0.224 bits per heavy atom. The minimum atomic E-state index is -2.18. The lowest BCUT2D eigenvalue weighted by Gasteiger charge is -2.43. The van der Waals surface area contributed by atoms with Crippen molar-refractivity contribution in [3.05, 3.63) is 255 Å². The van der Waals surface area contributed by atoms with Gasteiger partial charge in [-0.05, 0) is 93.5 Å². The lowest BCUT2D eigenvalue weighted by Crippen LogP contribution is -2.58. The molecule has 4 heterocycles. The number of hydrogen-bond donors (Lipinski definition) is 0. The molecule has 4 nitrogen and oxygen atoms in total. The Labute approximate surface area is 445 Å². The van der Waals surface area contributed by atoms with Crippen molar-refractivity contribution in [2.45, 2.75) is 26.2 Å². The first kappa shape index (κ1) is 44.5. The van der Waals surface area contributed by atoms with Crippen LogP contribution in [-0.4, -0.2) is 25.3 Å². The zero-order valence-electron chi connectivity index (χ0n) is 43.0. The number of hydrogen-bond acceptors (Lipinski definition) is 2. The van der Waals surface area contributed by atoms with Crippen LogP contribution in [0.3, 0.4) is 0 Å². The molecule has 13 aromatic rings. The number of fused-ring (bicyclic) bond motifs is 10. The molecule has 0 N–H and O–H groups in total. The summed E-state index contributed by atoms with van der Waals surface area (Å²) in [5.41, 5.74) is 18.8. The lowest BCUT2D eigenvalue weighted by molar-refractivity contribution is 1.17. The average Bonchev–Trinajstić information content (AvgIpc) is 4.09. The molecule has 0 saturated heterocycles. The Bertz CT molecular complexity index is 4030. The predicted molar refractivity (Wildman–Crippen MR) is 329 cm³/mol. The van der Waals surface area contributed by atoms with Crippen LogP contribution in [0.25, 0.3) is 77.2 Å². The van der Waals surface area contributed by atoms with Crippen LogP contribution in [0.5, 0.6) is 0 Å². The van der Waals surface area contributed by atoms with Gasteiger partial charge in [0.15, 0.2) is 0 Å². The van der Waals surface area contributed by atoms with E-state index in [2.05, 4.69) is 300 Å². The topological polar surface area (TPSA) is 16.3 Å². The third kappa shape index (κ3) is 6.35. The van der Waals surface area contributed by atoms with Gasteiger partial charge >= 0.3 is 0 Å². The van der Waals surface area contributed by atoms with Crippen LogP contribution in [0.1, 0.15) is 0 Å². The Balaban J connectivity index is 1.13. The smallest absolute Gasteiger partial charge is 0.117 e. The van der Waals surface area contributed by atoms with Gasteiger partial charge in [-0.1, -0.05) is 208 Å². The number of anilines is 6. The molecule has 362 valence electrons. The monoisotopic (exact) mass is 1010 g/mol. The molecule has 0 bridgehead atoms. The van der Waals surface area contributed by atoms with E-state index in [9.17, 15) is 0 Å². The van der Waals surface area contributed by atoms with Crippen LogP contribution in [0.15, 0.2) is 255 Å². The number of nitrogens with zero attached hydrogens (tertiary/aromatic N) is 4. The van der Waals surface area contributed by atoms with Gasteiger partial charge in [-0.15, -0.1) is 0 Å². The Morgan fingerprint density at radius 2 is 0.461 bits per heavy atom. The van der Waals surface area contributed by atoms with Gasteiger partial charge in [-0.25, -0.2) is 0 Å². The molecule has 76 heavy (non-hydrogen) atoms. The maximum absolute atomic E-state index is 2.62. The van der Waals surface area contributed by atoms with Crippen LogP contribution in [0, 0.1) is 0 Å². The predicted octanol–water partition coefficient (Wildman–Crippen LogP) is 16.4. The third-order valence-corrected chi connectivity index (χ3v) is 24.0. The molecule has 2 aromatic heterocycles. The number of para-hydroxylation sites is 10. The standard InChI is InChI=1S/C70H54N4Si2/c1-75(2)67-41-21-17-37-61(67)73(62-38-18-22-42-68(62)75)65-45-54(52-30-10-16-36-60(52)72-57-33-13-7-27-49(57)50-28-8-14-34-58(50)72)66(74-63-39-19-23-43-69(63)76(3,4)70-44-24-20-40-64(70)74)46-53(65)51-29-9-15-35-59(51)71-55-31-11-5-25-47(55)48-26-6-12-32-56(48)71/h5-46H,1-4H3. The van der Waals surface area contributed by atoms with E-state index in [0.29, 0.717) is 0 Å². The molecule has 2 aliphatic heterocycles. The molecular weight excluding hydrogens is 953 g/mol. The van der Waals surface area contributed by atoms with Crippen molar-refractivity contribution in [2.75, 3.05) is 9.80 Å². The first-order chi connectivity index (χ1) is 37.3. The number of aromatic nitrogens is 2. The fourth-order valence-electron chi connectivity index (χ4n) is 13.4. The van der Waals surface area contributed by atoms with Gasteiger partial charge in [-0.2, -0.15) is 0 Å². The van der Waals surface area contributed by atoms with E-state index in [0.717, 1.165) is 45.0 Å². The van der Waals surface area contributed by atoms with Crippen LogP contribution in [0.4, 0.5) is 34.1 Å². The maximum Gasteiger partial charge on any atom is 0.117 e. The van der Waals surface area contributed by atoms with Gasteiger partial charge in [0.05, 0.1) is 44.8 Å². The summed E-state index contributed by atoms with van der Waals surface area (Å²) in [5.74, 6) is 0. The molecule has 15 rings (SSSR count). The summed E-state index contributed by atoms with van der Waals surface area (Å²) in [5, 5.41) is 10.7. The largest absolute Gasteiger partial charge is 0.310 e. The number of benzene rings is 11. The van der Waals surface area contributed by atoms with Crippen molar-refractivity contribution in [1.82, 2.24) is 9.13 Å². The highest BCUT2D eigenvalue weighted by Crippen LogP contribution is 2.53. The Morgan fingerprint density at radius 3 is 0.763 bits per heavy atom. The van der Waals surface area contributed by atoms with E-state index in [4.69, 9.17) is 0 Å². The summed E-state index contributed by atoms with van der Waals surface area (Å²) in [6.45, 7) is 10.1. The molecule has 0 radical (unpaired) electrons. The minimum Gasteiger partial charge on any atom is -0.310 e. The average molecular weight is 1010 g/mol. The second kappa shape index (κ2) is 16.8. The summed E-state index contributed by atoms with van der Waals surface area (Å²) >= 11 is 0. The van der Waals surface area contributed by atoms with Gasteiger partial charge in [0.1, 0.15) is 16.1 Å². The molecule has 0 fully saturated rings. The SMILES string of the molecule is C[Si]1(C)c2ccccc2N(c2cc(-c3ccccc3-n3c4ccccc4c4ccccc43)c(N3c4ccccc4[Si](C)(C)c4ccccc43)cc2-c2ccccc2-n2c3ccccc3c3ccccc32)c2ccccc21. The van der Waals surface area contributed by atoms with Gasteiger partial charge in [0.25, 0.3) is 0 Å². The highest BCUT2D eigenvalue weighted by atomic mass is 28.3. The molecule has 11 aromatic carbocycles. The minimum absolute atomic E-state index is 1.13. The van der Waals surface area contributed by atoms with Gasteiger partial charge in [-0.3, -0.25) is 0 Å². The second-order valence-electron chi connectivity index (χ2n) is 21.6. The van der Waals surface area contributed by atoms with Gasteiger partial charge < -0.3 is 18.9 Å². The Kier molecular flexibility index (Phi) is 9.83. The van der Waals surface area contributed by atoms with Crippen molar-refractivity contribution in [3.63, 3.8) is 0 Å². The first-order valence-electron chi connectivity index (χ1n) is 26.6. The fraction of sp³-hybridized carbons (Fsp3) is 0.0571. The lowest BCUT2D eigenvalue weighted by atomic mass is 9.92. The summed E-state index contributed by atoms with van der Waals surface area (Å²) in [4.78, 5) is 5.23.